The Kier molecular flexibility index (Phi) is 8.26. The molecule has 0 aliphatic heterocycles. The van der Waals surface area contributed by atoms with Crippen molar-refractivity contribution in [3.05, 3.63) is 41.5 Å². The molecule has 0 radical (unpaired) electrons. The molecule has 47 heavy (non-hydrogen) atoms. The van der Waals surface area contributed by atoms with Crippen LogP contribution in [-0.2, 0) is 14.3 Å². The first-order valence-corrected chi connectivity index (χ1v) is 17.8. The lowest BCUT2D eigenvalue weighted by atomic mass is 9.33. The number of hydrogen-bond acceptors (Lipinski definition) is 6. The van der Waals surface area contributed by atoms with Gasteiger partial charge in [0.1, 0.15) is 6.10 Å². The minimum atomic E-state index is -0.803. The van der Waals surface area contributed by atoms with Gasteiger partial charge in [-0.05, 0) is 121 Å². The summed E-state index contributed by atoms with van der Waals surface area (Å²) in [6, 6.07) is 4.86. The van der Waals surface area contributed by atoms with Crippen molar-refractivity contribution in [2.75, 3.05) is 7.11 Å². The van der Waals surface area contributed by atoms with E-state index in [1.165, 1.54) is 24.8 Å². The van der Waals surface area contributed by atoms with Gasteiger partial charge in [-0.2, -0.15) is 0 Å². The molecule has 11 atom stereocenters. The van der Waals surface area contributed by atoms with Gasteiger partial charge in [-0.15, -0.1) is 0 Å². The maximum atomic E-state index is 13.1. The van der Waals surface area contributed by atoms with E-state index in [0.29, 0.717) is 35.5 Å². The highest BCUT2D eigenvalue weighted by molar-refractivity contribution is 5.87. The second kappa shape index (κ2) is 11.4. The molecule has 0 saturated heterocycles. The van der Waals surface area contributed by atoms with Crippen LogP contribution in [0.25, 0.3) is 6.08 Å². The minimum absolute atomic E-state index is 0.0272. The van der Waals surface area contributed by atoms with Crippen LogP contribution in [0.5, 0.6) is 11.5 Å². The molecule has 0 amide bonds. The molecule has 0 heterocycles. The number of phenols is 1. The number of aliphatic carboxylic acids is 1. The number of carboxylic acid groups (broad SMARTS) is 1. The number of aliphatic hydroxyl groups excluding tert-OH is 1. The molecule has 7 heteroatoms. The Balaban J connectivity index is 1.28. The molecule has 0 unspecified atom stereocenters. The smallest absolute Gasteiger partial charge is 0.331 e. The fraction of sp³-hybridized carbons (Fsp3) is 0.700. The number of rotatable bonds is 5. The van der Waals surface area contributed by atoms with Crippen LogP contribution in [-0.4, -0.2) is 46.6 Å². The number of aliphatic hydroxyl groups is 1. The highest BCUT2D eigenvalue weighted by Crippen LogP contribution is 2.75. The second-order valence-corrected chi connectivity index (χ2v) is 17.3. The van der Waals surface area contributed by atoms with Crippen LogP contribution < -0.4 is 4.74 Å². The number of fused-ring (bicyclic) bond motifs is 7. The number of carbonyl (C=O) groups excluding carboxylic acids is 1. The normalized spacial score (nSPS) is 43.9. The van der Waals surface area contributed by atoms with Gasteiger partial charge in [0.2, 0.25) is 0 Å². The Labute approximate surface area is 280 Å². The van der Waals surface area contributed by atoms with Crippen molar-refractivity contribution < 1.29 is 34.4 Å². The molecule has 0 spiro atoms. The van der Waals surface area contributed by atoms with E-state index in [-0.39, 0.29) is 33.8 Å². The molecular weight excluding hydrogens is 592 g/mol. The molecule has 7 nitrogen and oxygen atoms in total. The lowest BCUT2D eigenvalue weighted by Crippen LogP contribution is -2.67. The van der Waals surface area contributed by atoms with Gasteiger partial charge in [0.05, 0.1) is 18.6 Å². The minimum Gasteiger partial charge on any atom is -0.504 e. The molecule has 258 valence electrons. The van der Waals surface area contributed by atoms with Crippen LogP contribution >= 0.6 is 0 Å². The number of carbonyl (C=O) groups is 2. The summed E-state index contributed by atoms with van der Waals surface area (Å²) < 4.78 is 11.3. The summed E-state index contributed by atoms with van der Waals surface area (Å²) >= 11 is 0. The molecule has 4 saturated carbocycles. The Morgan fingerprint density at radius 2 is 1.70 bits per heavy atom. The van der Waals surface area contributed by atoms with Gasteiger partial charge in [-0.1, -0.05) is 66.2 Å². The zero-order valence-electron chi connectivity index (χ0n) is 29.6. The van der Waals surface area contributed by atoms with Crippen molar-refractivity contribution in [1.29, 1.82) is 0 Å². The molecule has 4 fully saturated rings. The highest BCUT2D eigenvalue weighted by atomic mass is 16.6. The largest absolute Gasteiger partial charge is 0.504 e. The van der Waals surface area contributed by atoms with Crippen LogP contribution in [0.2, 0.25) is 0 Å². The molecule has 6 rings (SSSR count). The molecule has 0 bridgehead atoms. The van der Waals surface area contributed by atoms with Gasteiger partial charge in [-0.3, -0.25) is 4.79 Å². The summed E-state index contributed by atoms with van der Waals surface area (Å²) in [5.74, 6) is 0.705. The first kappa shape index (κ1) is 34.1. The van der Waals surface area contributed by atoms with Crippen LogP contribution in [0.4, 0.5) is 0 Å². The maximum Gasteiger partial charge on any atom is 0.331 e. The number of esters is 1. The molecule has 3 N–H and O–H groups in total. The fourth-order valence-electron chi connectivity index (χ4n) is 12.3. The predicted octanol–water partition coefficient (Wildman–Crippen LogP) is 8.04. The van der Waals surface area contributed by atoms with E-state index < -0.39 is 35.0 Å². The summed E-state index contributed by atoms with van der Waals surface area (Å²) in [7, 11) is 1.48. The van der Waals surface area contributed by atoms with Crippen molar-refractivity contribution in [2.45, 2.75) is 112 Å². The standard InChI is InChI=1S/C40H56O7/c1-23-15-18-40(35(44)45)20-19-38(6)26(33(40)24(23)2)11-13-31-37(5)22-28(42)34(36(3,4)30(37)16-17-39(31,38)7)47-32(43)14-10-25-9-12-27(41)29(21-25)46-8/h9-12,14,21,23-24,28,30-31,33-34,41-42H,13,15-20,22H2,1-8H3,(H,44,45)/b14-10-/t23-,24+,28-,30+,31-,33+,34+,37+,38-,39-,40+/m1/s1. The third-order valence-corrected chi connectivity index (χ3v) is 15.2. The van der Waals surface area contributed by atoms with E-state index in [9.17, 15) is 24.9 Å². The summed E-state index contributed by atoms with van der Waals surface area (Å²) in [5, 5.41) is 32.4. The Bertz CT molecular complexity index is 1490. The van der Waals surface area contributed by atoms with E-state index in [4.69, 9.17) is 9.47 Å². The van der Waals surface area contributed by atoms with Gasteiger partial charge in [0.25, 0.3) is 0 Å². The number of phenolic OH excluding ortho intramolecular Hbond substituents is 1. The van der Waals surface area contributed by atoms with Crippen LogP contribution in [0.3, 0.4) is 0 Å². The monoisotopic (exact) mass is 648 g/mol. The number of allylic oxidation sites excluding steroid dienone is 2. The van der Waals surface area contributed by atoms with Crippen molar-refractivity contribution in [3.63, 3.8) is 0 Å². The quantitative estimate of drug-likeness (QED) is 0.168. The molecule has 5 aliphatic carbocycles. The first-order valence-electron chi connectivity index (χ1n) is 17.8. The summed E-state index contributed by atoms with van der Waals surface area (Å²) in [5.41, 5.74) is 0.686. The number of benzene rings is 1. The number of ether oxygens (including phenoxy) is 2. The Hall–Kier alpha value is -2.80. The average Bonchev–Trinajstić information content (AvgIpc) is 3.00. The molecular formula is C40H56O7. The Morgan fingerprint density at radius 3 is 2.38 bits per heavy atom. The first-order chi connectivity index (χ1) is 22.0. The van der Waals surface area contributed by atoms with Crippen molar-refractivity contribution >= 4 is 18.0 Å². The number of aromatic hydroxyl groups is 1. The lowest BCUT2D eigenvalue weighted by Gasteiger charge is -2.71. The van der Waals surface area contributed by atoms with Crippen molar-refractivity contribution in [2.24, 2.45) is 56.7 Å². The van der Waals surface area contributed by atoms with Crippen LogP contribution in [0.15, 0.2) is 35.9 Å². The summed E-state index contributed by atoms with van der Waals surface area (Å²) in [6.45, 7) is 16.2. The zero-order valence-corrected chi connectivity index (χ0v) is 29.6. The summed E-state index contributed by atoms with van der Waals surface area (Å²) in [4.78, 5) is 26.1. The van der Waals surface area contributed by atoms with E-state index in [1.807, 2.05) is 0 Å². The molecule has 1 aromatic rings. The zero-order chi connectivity index (χ0) is 34.3. The fourth-order valence-corrected chi connectivity index (χ4v) is 12.3. The molecule has 1 aromatic carbocycles. The van der Waals surface area contributed by atoms with Gasteiger partial charge in [0.15, 0.2) is 11.5 Å². The SMILES string of the molecule is COc1cc(/C=C\C(=O)O[C@H]2[C@H](O)C[C@]3(C)[C@H]4CC=C5[C@@H]6[C@@H](C)[C@H](C)CC[C@]6(C(=O)O)CC[C@@]5(C)[C@]4(C)CC[C@H]3C2(C)C)ccc1O. The Morgan fingerprint density at radius 1 is 0.979 bits per heavy atom. The van der Waals surface area contributed by atoms with E-state index in [0.717, 1.165) is 44.9 Å². The number of methoxy groups -OCH3 is 1. The second-order valence-electron chi connectivity index (χ2n) is 17.3. The van der Waals surface area contributed by atoms with E-state index >= 15 is 0 Å². The lowest BCUT2D eigenvalue weighted by molar-refractivity contribution is -0.238. The van der Waals surface area contributed by atoms with Crippen LogP contribution in [0.1, 0.15) is 105 Å². The van der Waals surface area contributed by atoms with E-state index in [2.05, 4.69) is 54.5 Å². The third-order valence-electron chi connectivity index (χ3n) is 15.2. The summed E-state index contributed by atoms with van der Waals surface area (Å²) in [6.07, 6.45) is 10.9. The topological polar surface area (TPSA) is 113 Å². The third kappa shape index (κ3) is 4.83. The van der Waals surface area contributed by atoms with Gasteiger partial charge >= 0.3 is 11.9 Å². The predicted molar refractivity (Wildman–Crippen MR) is 182 cm³/mol. The number of hydrogen-bond donors (Lipinski definition) is 3. The van der Waals surface area contributed by atoms with Crippen molar-refractivity contribution in [3.8, 4) is 11.5 Å². The maximum absolute atomic E-state index is 13.1. The molecule has 5 aliphatic rings. The van der Waals surface area contributed by atoms with Gasteiger partial charge in [0, 0.05) is 11.5 Å². The average molecular weight is 649 g/mol. The highest BCUT2D eigenvalue weighted by Gasteiger charge is 2.70. The van der Waals surface area contributed by atoms with Crippen molar-refractivity contribution in [1.82, 2.24) is 0 Å². The van der Waals surface area contributed by atoms with Gasteiger partial charge < -0.3 is 24.8 Å². The van der Waals surface area contributed by atoms with Crippen LogP contribution in [0, 0.1) is 56.7 Å². The van der Waals surface area contributed by atoms with Gasteiger partial charge in [-0.25, -0.2) is 4.79 Å². The van der Waals surface area contributed by atoms with E-state index in [1.54, 1.807) is 18.2 Å². The molecule has 0 aromatic heterocycles. The number of carboxylic acids is 1.